The van der Waals surface area contributed by atoms with Crippen LogP contribution in [0.1, 0.15) is 26.7 Å². The molecule has 4 heteroatoms. The highest BCUT2D eigenvalue weighted by atomic mass is 16.5. The van der Waals surface area contributed by atoms with Gasteiger partial charge in [0.05, 0.1) is 12.6 Å². The Balaban J connectivity index is 2.18. The summed E-state index contributed by atoms with van der Waals surface area (Å²) in [5.41, 5.74) is 0. The Kier molecular flexibility index (Phi) is 4.90. The van der Waals surface area contributed by atoms with E-state index in [0.29, 0.717) is 12.6 Å². The first-order valence-corrected chi connectivity index (χ1v) is 5.34. The van der Waals surface area contributed by atoms with Gasteiger partial charge in [0, 0.05) is 12.6 Å². The van der Waals surface area contributed by atoms with E-state index in [9.17, 15) is 4.79 Å². The SMILES string of the molecule is CCNCC(=O)NC1CCOC(C)C1. The zero-order chi connectivity index (χ0) is 10.4. The summed E-state index contributed by atoms with van der Waals surface area (Å²) < 4.78 is 5.40. The van der Waals surface area contributed by atoms with Gasteiger partial charge in [-0.05, 0) is 26.3 Å². The van der Waals surface area contributed by atoms with Gasteiger partial charge in [0.2, 0.25) is 5.91 Å². The third-order valence-corrected chi connectivity index (χ3v) is 2.39. The fourth-order valence-electron chi connectivity index (χ4n) is 1.65. The van der Waals surface area contributed by atoms with E-state index in [4.69, 9.17) is 4.74 Å². The van der Waals surface area contributed by atoms with E-state index < -0.39 is 0 Å². The van der Waals surface area contributed by atoms with Gasteiger partial charge < -0.3 is 15.4 Å². The highest BCUT2D eigenvalue weighted by molar-refractivity contribution is 5.78. The molecule has 1 rings (SSSR count). The molecule has 2 N–H and O–H groups in total. The van der Waals surface area contributed by atoms with Crippen molar-refractivity contribution in [1.29, 1.82) is 0 Å². The molecule has 1 heterocycles. The van der Waals surface area contributed by atoms with Gasteiger partial charge in [0.25, 0.3) is 0 Å². The maximum atomic E-state index is 11.4. The molecule has 1 fully saturated rings. The molecular formula is C10H20N2O2. The van der Waals surface area contributed by atoms with E-state index in [-0.39, 0.29) is 12.0 Å². The average Bonchev–Trinajstić information content (AvgIpc) is 2.15. The van der Waals surface area contributed by atoms with Gasteiger partial charge in [-0.15, -0.1) is 0 Å². The number of likely N-dealkylation sites (N-methyl/N-ethyl adjacent to an activating group) is 1. The van der Waals surface area contributed by atoms with Crippen LogP contribution in [0.5, 0.6) is 0 Å². The molecule has 0 aromatic heterocycles. The molecular weight excluding hydrogens is 180 g/mol. The van der Waals surface area contributed by atoms with Crippen LogP contribution in [0.25, 0.3) is 0 Å². The minimum Gasteiger partial charge on any atom is -0.378 e. The number of hydrogen-bond acceptors (Lipinski definition) is 3. The molecule has 0 aromatic rings. The smallest absolute Gasteiger partial charge is 0.234 e. The Morgan fingerprint density at radius 3 is 3.00 bits per heavy atom. The lowest BCUT2D eigenvalue weighted by molar-refractivity contribution is -0.121. The second-order valence-corrected chi connectivity index (χ2v) is 3.75. The molecule has 82 valence electrons. The summed E-state index contributed by atoms with van der Waals surface area (Å²) in [5, 5.41) is 6.01. The van der Waals surface area contributed by atoms with Gasteiger partial charge in [-0.25, -0.2) is 0 Å². The topological polar surface area (TPSA) is 50.4 Å². The summed E-state index contributed by atoms with van der Waals surface area (Å²) in [7, 11) is 0. The van der Waals surface area contributed by atoms with E-state index in [0.717, 1.165) is 26.0 Å². The van der Waals surface area contributed by atoms with Gasteiger partial charge in [0.15, 0.2) is 0 Å². The Hall–Kier alpha value is -0.610. The molecule has 1 aliphatic heterocycles. The van der Waals surface area contributed by atoms with Crippen molar-refractivity contribution >= 4 is 5.91 Å². The zero-order valence-corrected chi connectivity index (χ0v) is 9.01. The second kappa shape index (κ2) is 5.98. The van der Waals surface area contributed by atoms with Gasteiger partial charge in [-0.1, -0.05) is 6.92 Å². The summed E-state index contributed by atoms with van der Waals surface area (Å²) >= 11 is 0. The number of carbonyl (C=O) groups is 1. The largest absolute Gasteiger partial charge is 0.378 e. The first-order valence-electron chi connectivity index (χ1n) is 5.34. The maximum absolute atomic E-state index is 11.4. The van der Waals surface area contributed by atoms with Crippen LogP contribution in [-0.2, 0) is 9.53 Å². The van der Waals surface area contributed by atoms with E-state index in [2.05, 4.69) is 10.6 Å². The van der Waals surface area contributed by atoms with Crippen molar-refractivity contribution in [2.24, 2.45) is 0 Å². The van der Waals surface area contributed by atoms with Gasteiger partial charge in [-0.2, -0.15) is 0 Å². The minimum absolute atomic E-state index is 0.0888. The van der Waals surface area contributed by atoms with Crippen LogP contribution in [0, 0.1) is 0 Å². The van der Waals surface area contributed by atoms with Crippen molar-refractivity contribution in [3.8, 4) is 0 Å². The highest BCUT2D eigenvalue weighted by Gasteiger charge is 2.20. The number of carbonyl (C=O) groups excluding carboxylic acids is 1. The number of ether oxygens (including phenoxy) is 1. The molecule has 2 unspecified atom stereocenters. The molecule has 1 saturated heterocycles. The molecule has 1 amide bonds. The Morgan fingerprint density at radius 1 is 1.57 bits per heavy atom. The lowest BCUT2D eigenvalue weighted by Gasteiger charge is -2.27. The summed E-state index contributed by atoms with van der Waals surface area (Å²) in [4.78, 5) is 11.4. The van der Waals surface area contributed by atoms with Crippen LogP contribution < -0.4 is 10.6 Å². The molecule has 1 aliphatic rings. The zero-order valence-electron chi connectivity index (χ0n) is 9.01. The molecule has 0 aliphatic carbocycles. The summed E-state index contributed by atoms with van der Waals surface area (Å²) in [6.07, 6.45) is 2.13. The van der Waals surface area contributed by atoms with Crippen molar-refractivity contribution < 1.29 is 9.53 Å². The summed E-state index contributed by atoms with van der Waals surface area (Å²) in [6, 6.07) is 0.296. The molecule has 14 heavy (non-hydrogen) atoms. The Bertz CT molecular complexity index is 185. The van der Waals surface area contributed by atoms with Crippen molar-refractivity contribution in [2.45, 2.75) is 38.8 Å². The quantitative estimate of drug-likeness (QED) is 0.685. The standard InChI is InChI=1S/C10H20N2O2/c1-3-11-7-10(13)12-9-4-5-14-8(2)6-9/h8-9,11H,3-7H2,1-2H3,(H,12,13). The molecule has 0 radical (unpaired) electrons. The van der Waals surface area contributed by atoms with E-state index in [1.165, 1.54) is 0 Å². The maximum Gasteiger partial charge on any atom is 0.234 e. The predicted molar refractivity (Wildman–Crippen MR) is 55.1 cm³/mol. The third-order valence-electron chi connectivity index (χ3n) is 2.39. The van der Waals surface area contributed by atoms with Crippen LogP contribution in [0.4, 0.5) is 0 Å². The Labute approximate surface area is 85.4 Å². The van der Waals surface area contributed by atoms with Gasteiger partial charge in [0.1, 0.15) is 0 Å². The number of rotatable bonds is 4. The molecule has 0 saturated carbocycles. The van der Waals surface area contributed by atoms with Crippen molar-refractivity contribution in [2.75, 3.05) is 19.7 Å². The number of amides is 1. The molecule has 0 spiro atoms. The monoisotopic (exact) mass is 200 g/mol. The molecule has 0 aromatic carbocycles. The predicted octanol–water partition coefficient (Wildman–Crippen LogP) is 0.280. The average molecular weight is 200 g/mol. The first-order chi connectivity index (χ1) is 6.72. The Morgan fingerprint density at radius 2 is 2.36 bits per heavy atom. The second-order valence-electron chi connectivity index (χ2n) is 3.75. The van der Waals surface area contributed by atoms with E-state index in [1.807, 2.05) is 13.8 Å². The molecule has 0 bridgehead atoms. The van der Waals surface area contributed by atoms with Crippen LogP contribution >= 0.6 is 0 Å². The minimum atomic E-state index is 0.0888. The van der Waals surface area contributed by atoms with Gasteiger partial charge in [-0.3, -0.25) is 4.79 Å². The third kappa shape index (κ3) is 4.07. The number of nitrogens with one attached hydrogen (secondary N) is 2. The lowest BCUT2D eigenvalue weighted by atomic mass is 10.0. The van der Waals surface area contributed by atoms with Crippen molar-refractivity contribution in [3.05, 3.63) is 0 Å². The van der Waals surface area contributed by atoms with Crippen molar-refractivity contribution in [1.82, 2.24) is 10.6 Å². The number of hydrogen-bond donors (Lipinski definition) is 2. The van der Waals surface area contributed by atoms with Crippen LogP contribution in [-0.4, -0.2) is 37.7 Å². The fraction of sp³-hybridized carbons (Fsp3) is 0.900. The fourth-order valence-corrected chi connectivity index (χ4v) is 1.65. The van der Waals surface area contributed by atoms with Crippen LogP contribution in [0.15, 0.2) is 0 Å². The summed E-state index contributed by atoms with van der Waals surface area (Å²) in [5.74, 6) is 0.0888. The molecule has 4 nitrogen and oxygen atoms in total. The van der Waals surface area contributed by atoms with E-state index >= 15 is 0 Å². The van der Waals surface area contributed by atoms with Crippen molar-refractivity contribution in [3.63, 3.8) is 0 Å². The summed E-state index contributed by atoms with van der Waals surface area (Å²) in [6.45, 7) is 6.04. The van der Waals surface area contributed by atoms with Gasteiger partial charge >= 0.3 is 0 Å². The van der Waals surface area contributed by atoms with Crippen LogP contribution in [0.2, 0.25) is 0 Å². The molecule has 2 atom stereocenters. The van der Waals surface area contributed by atoms with E-state index in [1.54, 1.807) is 0 Å². The first kappa shape index (κ1) is 11.5. The lowest BCUT2D eigenvalue weighted by Crippen LogP contribution is -2.44. The normalized spacial score (nSPS) is 27.3. The highest BCUT2D eigenvalue weighted by Crippen LogP contribution is 2.12. The van der Waals surface area contributed by atoms with Crippen LogP contribution in [0.3, 0.4) is 0 Å².